The molecule has 4 rings (SSSR count). The number of nitrogens with one attached hydrogen (secondary N) is 1. The van der Waals surface area contributed by atoms with E-state index in [1.807, 2.05) is 24.4 Å². The number of hydrogen-bond acceptors (Lipinski definition) is 3. The van der Waals surface area contributed by atoms with Gasteiger partial charge in [-0.3, -0.25) is 9.78 Å². The van der Waals surface area contributed by atoms with Crippen LogP contribution in [0.15, 0.2) is 36.5 Å². The third-order valence-electron chi connectivity index (χ3n) is 4.94. The Kier molecular flexibility index (Phi) is 4.00. The molecule has 4 heteroatoms. The average Bonchev–Trinajstić information content (AvgIpc) is 3.27. The summed E-state index contributed by atoms with van der Waals surface area (Å²) in [4.78, 5) is 16.5. The number of carbonyl (C=O) groups excluding carboxylic acids is 1. The van der Waals surface area contributed by atoms with Gasteiger partial charge in [-0.25, -0.2) is 0 Å². The van der Waals surface area contributed by atoms with E-state index in [0.717, 1.165) is 11.9 Å². The lowest BCUT2D eigenvalue weighted by molar-refractivity contribution is -0.122. The monoisotopic (exact) mass is 310 g/mol. The van der Waals surface area contributed by atoms with Gasteiger partial charge in [0.2, 0.25) is 5.91 Å². The molecule has 0 spiro atoms. The lowest BCUT2D eigenvalue weighted by atomic mass is 9.93. The van der Waals surface area contributed by atoms with Crippen molar-refractivity contribution in [1.82, 2.24) is 10.3 Å². The highest BCUT2D eigenvalue weighted by molar-refractivity contribution is 5.82. The first-order chi connectivity index (χ1) is 11.3. The predicted molar refractivity (Wildman–Crippen MR) is 89.0 cm³/mol. The van der Waals surface area contributed by atoms with Crippen LogP contribution in [0.25, 0.3) is 10.9 Å². The van der Waals surface area contributed by atoms with Gasteiger partial charge in [-0.05, 0) is 42.9 Å². The second-order valence-corrected chi connectivity index (χ2v) is 6.81. The molecule has 4 nitrogen and oxygen atoms in total. The molecule has 2 unspecified atom stereocenters. The summed E-state index contributed by atoms with van der Waals surface area (Å²) in [6, 6.07) is 10.4. The van der Waals surface area contributed by atoms with Crippen LogP contribution < -0.4 is 5.32 Å². The van der Waals surface area contributed by atoms with Crippen molar-refractivity contribution in [2.45, 2.75) is 31.7 Å². The molecule has 1 aromatic heterocycles. The first-order valence-electron chi connectivity index (χ1n) is 8.49. The molecule has 2 aliphatic rings. The normalized spacial score (nSPS) is 24.0. The minimum Gasteiger partial charge on any atom is -0.379 e. The Bertz CT molecular complexity index is 706. The van der Waals surface area contributed by atoms with E-state index in [0.29, 0.717) is 31.5 Å². The Morgan fingerprint density at radius 2 is 2.09 bits per heavy atom. The number of aromatic nitrogens is 1. The predicted octanol–water partition coefficient (Wildman–Crippen LogP) is 2.71. The molecule has 1 aromatic carbocycles. The molecule has 2 atom stereocenters. The Hall–Kier alpha value is -1.94. The molecule has 120 valence electrons. The Morgan fingerprint density at radius 3 is 2.96 bits per heavy atom. The molecule has 1 saturated carbocycles. The van der Waals surface area contributed by atoms with Crippen LogP contribution in [-0.2, 0) is 16.0 Å². The van der Waals surface area contributed by atoms with Crippen molar-refractivity contribution in [2.75, 3.05) is 13.2 Å². The van der Waals surface area contributed by atoms with E-state index in [2.05, 4.69) is 22.4 Å². The van der Waals surface area contributed by atoms with Crippen molar-refractivity contribution >= 4 is 16.8 Å². The van der Waals surface area contributed by atoms with E-state index in [1.54, 1.807) is 0 Å². The number of fused-ring (bicyclic) bond motifs is 1. The SMILES string of the molecule is O=C(CC1CC1)NC1COCC1Cc1ccnc2ccccc12. The highest BCUT2D eigenvalue weighted by Gasteiger charge is 2.32. The van der Waals surface area contributed by atoms with Crippen molar-refractivity contribution in [1.29, 1.82) is 0 Å². The van der Waals surface area contributed by atoms with Gasteiger partial charge in [0, 0.05) is 23.9 Å². The summed E-state index contributed by atoms with van der Waals surface area (Å²) < 4.78 is 5.65. The van der Waals surface area contributed by atoms with Gasteiger partial charge in [-0.2, -0.15) is 0 Å². The molecule has 1 amide bonds. The third-order valence-corrected chi connectivity index (χ3v) is 4.94. The summed E-state index contributed by atoms with van der Waals surface area (Å²) in [6.07, 6.45) is 5.88. The van der Waals surface area contributed by atoms with Crippen molar-refractivity contribution in [3.63, 3.8) is 0 Å². The van der Waals surface area contributed by atoms with Gasteiger partial charge in [0.25, 0.3) is 0 Å². The minimum absolute atomic E-state index is 0.133. The van der Waals surface area contributed by atoms with Crippen molar-refractivity contribution in [2.24, 2.45) is 11.8 Å². The second-order valence-electron chi connectivity index (χ2n) is 6.81. The third kappa shape index (κ3) is 3.37. The van der Waals surface area contributed by atoms with Gasteiger partial charge < -0.3 is 10.1 Å². The van der Waals surface area contributed by atoms with Crippen LogP contribution in [0.4, 0.5) is 0 Å². The summed E-state index contributed by atoms with van der Waals surface area (Å²) in [7, 11) is 0. The summed E-state index contributed by atoms with van der Waals surface area (Å²) >= 11 is 0. The quantitative estimate of drug-likeness (QED) is 0.924. The molecule has 2 heterocycles. The van der Waals surface area contributed by atoms with Crippen molar-refractivity contribution in [3.8, 4) is 0 Å². The minimum atomic E-state index is 0.133. The zero-order chi connectivity index (χ0) is 15.6. The highest BCUT2D eigenvalue weighted by atomic mass is 16.5. The fraction of sp³-hybridized carbons (Fsp3) is 0.474. The fourth-order valence-electron chi connectivity index (χ4n) is 3.42. The van der Waals surface area contributed by atoms with Crippen LogP contribution in [0.3, 0.4) is 0 Å². The smallest absolute Gasteiger partial charge is 0.220 e. The van der Waals surface area contributed by atoms with Crippen LogP contribution in [-0.4, -0.2) is 30.1 Å². The second kappa shape index (κ2) is 6.28. The number of rotatable bonds is 5. The highest BCUT2D eigenvalue weighted by Crippen LogP contribution is 2.32. The Morgan fingerprint density at radius 1 is 1.22 bits per heavy atom. The zero-order valence-electron chi connectivity index (χ0n) is 13.2. The number of pyridine rings is 1. The number of para-hydroxylation sites is 1. The molecule has 2 aromatic rings. The molecule has 1 aliphatic carbocycles. The number of hydrogen-bond donors (Lipinski definition) is 1. The van der Waals surface area contributed by atoms with Gasteiger partial charge in [0.05, 0.1) is 24.8 Å². The van der Waals surface area contributed by atoms with Gasteiger partial charge in [0.15, 0.2) is 0 Å². The first kappa shape index (κ1) is 14.6. The topological polar surface area (TPSA) is 51.2 Å². The Balaban J connectivity index is 1.46. The number of nitrogens with zero attached hydrogens (tertiary/aromatic N) is 1. The number of amides is 1. The van der Waals surface area contributed by atoms with E-state index < -0.39 is 0 Å². The Labute approximate surface area is 136 Å². The molecular weight excluding hydrogens is 288 g/mol. The number of ether oxygens (including phenoxy) is 1. The molecule has 1 saturated heterocycles. The lowest BCUT2D eigenvalue weighted by Gasteiger charge is -2.20. The fourth-order valence-corrected chi connectivity index (χ4v) is 3.42. The van der Waals surface area contributed by atoms with Crippen LogP contribution in [0.1, 0.15) is 24.8 Å². The van der Waals surface area contributed by atoms with Crippen LogP contribution in [0, 0.1) is 11.8 Å². The van der Waals surface area contributed by atoms with Gasteiger partial charge in [-0.1, -0.05) is 18.2 Å². The van der Waals surface area contributed by atoms with Crippen LogP contribution in [0.5, 0.6) is 0 Å². The largest absolute Gasteiger partial charge is 0.379 e. The maximum Gasteiger partial charge on any atom is 0.220 e. The molecule has 0 bridgehead atoms. The summed E-state index contributed by atoms with van der Waals surface area (Å²) in [5.41, 5.74) is 2.31. The lowest BCUT2D eigenvalue weighted by Crippen LogP contribution is -2.40. The molecule has 23 heavy (non-hydrogen) atoms. The zero-order valence-corrected chi connectivity index (χ0v) is 13.2. The van der Waals surface area contributed by atoms with Gasteiger partial charge in [-0.15, -0.1) is 0 Å². The van der Waals surface area contributed by atoms with Crippen molar-refractivity contribution in [3.05, 3.63) is 42.1 Å². The van der Waals surface area contributed by atoms with Crippen molar-refractivity contribution < 1.29 is 9.53 Å². The van der Waals surface area contributed by atoms with Gasteiger partial charge in [0.1, 0.15) is 0 Å². The van der Waals surface area contributed by atoms with E-state index in [9.17, 15) is 4.79 Å². The maximum absolute atomic E-state index is 12.1. The molecule has 0 radical (unpaired) electrons. The molecular formula is C19H22N2O2. The van der Waals surface area contributed by atoms with Crippen LogP contribution >= 0.6 is 0 Å². The van der Waals surface area contributed by atoms with E-state index in [1.165, 1.54) is 23.8 Å². The molecule has 1 aliphatic heterocycles. The van der Waals surface area contributed by atoms with E-state index in [-0.39, 0.29) is 11.9 Å². The van der Waals surface area contributed by atoms with Crippen LogP contribution in [0.2, 0.25) is 0 Å². The summed E-state index contributed by atoms with van der Waals surface area (Å²) in [5, 5.41) is 4.39. The van der Waals surface area contributed by atoms with E-state index in [4.69, 9.17) is 4.74 Å². The molecule has 1 N–H and O–H groups in total. The summed E-state index contributed by atoms with van der Waals surface area (Å²) in [5.74, 6) is 1.15. The number of benzene rings is 1. The van der Waals surface area contributed by atoms with E-state index >= 15 is 0 Å². The standard InChI is InChI=1S/C19H22N2O2/c22-19(9-13-5-6-13)21-18-12-23-11-15(18)10-14-7-8-20-17-4-2-1-3-16(14)17/h1-4,7-8,13,15,18H,5-6,9-12H2,(H,21,22). The first-order valence-corrected chi connectivity index (χ1v) is 8.49. The molecule has 2 fully saturated rings. The maximum atomic E-state index is 12.1. The summed E-state index contributed by atoms with van der Waals surface area (Å²) in [6.45, 7) is 1.34. The average molecular weight is 310 g/mol. The van der Waals surface area contributed by atoms with Gasteiger partial charge >= 0.3 is 0 Å². The number of carbonyl (C=O) groups is 1.